The maximum absolute atomic E-state index is 11.6. The number of amides is 1. The predicted octanol–water partition coefficient (Wildman–Crippen LogP) is 0.118. The zero-order chi connectivity index (χ0) is 23.5. The molecule has 0 aliphatic heterocycles. The van der Waals surface area contributed by atoms with Crippen molar-refractivity contribution in [1.82, 2.24) is 10.2 Å². The second-order valence-electron chi connectivity index (χ2n) is 7.73. The van der Waals surface area contributed by atoms with Gasteiger partial charge in [-0.3, -0.25) is 14.4 Å². The first-order valence-corrected chi connectivity index (χ1v) is 10.9. The molecular weight excluding hydrogens is 406 g/mol. The fourth-order valence-electron chi connectivity index (χ4n) is 2.76. The quantitative estimate of drug-likeness (QED) is 0.128. The van der Waals surface area contributed by atoms with Gasteiger partial charge in [-0.05, 0) is 19.3 Å². The Morgan fingerprint density at radius 2 is 1.61 bits per heavy atom. The molecule has 0 saturated carbocycles. The van der Waals surface area contributed by atoms with Gasteiger partial charge in [-0.1, -0.05) is 13.8 Å². The molecule has 0 saturated heterocycles. The zero-order valence-corrected chi connectivity index (χ0v) is 19.2. The van der Waals surface area contributed by atoms with E-state index in [9.17, 15) is 14.4 Å². The van der Waals surface area contributed by atoms with Crippen molar-refractivity contribution in [2.75, 3.05) is 59.8 Å². The van der Waals surface area contributed by atoms with Crippen LogP contribution in [0.25, 0.3) is 0 Å². The molecule has 0 rings (SSSR count). The van der Waals surface area contributed by atoms with Crippen LogP contribution in [-0.4, -0.2) is 95.1 Å². The Kier molecular flexibility index (Phi) is 18.1. The third kappa shape index (κ3) is 16.7. The third-order valence-electron chi connectivity index (χ3n) is 4.72. The molecule has 10 heteroatoms. The van der Waals surface area contributed by atoms with Crippen molar-refractivity contribution in [2.45, 2.75) is 51.6 Å². The maximum atomic E-state index is 11.6. The van der Waals surface area contributed by atoms with Crippen molar-refractivity contribution in [3.63, 3.8) is 0 Å². The number of aldehydes is 1. The summed E-state index contributed by atoms with van der Waals surface area (Å²) in [5.41, 5.74) is 5.41. The molecule has 0 aliphatic carbocycles. The van der Waals surface area contributed by atoms with Crippen LogP contribution < -0.4 is 16.0 Å². The van der Waals surface area contributed by atoms with E-state index in [0.717, 1.165) is 6.29 Å². The molecule has 31 heavy (non-hydrogen) atoms. The number of rotatable bonds is 21. The molecule has 0 aromatic heterocycles. The highest BCUT2D eigenvalue weighted by atomic mass is 16.5. The summed E-state index contributed by atoms with van der Waals surface area (Å²) < 4.78 is 16.3. The second kappa shape index (κ2) is 19.1. The minimum atomic E-state index is -1.00. The lowest BCUT2D eigenvalue weighted by molar-refractivity contribution is -0.138. The Hall–Kier alpha value is -1.59. The van der Waals surface area contributed by atoms with Gasteiger partial charge in [0.05, 0.1) is 33.0 Å². The number of carbonyl (C=O) groups excluding carboxylic acids is 2. The zero-order valence-electron chi connectivity index (χ0n) is 19.2. The molecule has 0 fully saturated rings. The molecule has 10 nitrogen and oxygen atoms in total. The van der Waals surface area contributed by atoms with E-state index in [1.54, 1.807) is 0 Å². The number of ether oxygens (including phenoxy) is 3. The number of nitrogens with zero attached hydrogens (tertiary/aromatic N) is 1. The summed E-state index contributed by atoms with van der Waals surface area (Å²) in [6, 6.07) is -0.938. The number of hydrogen-bond donors (Lipinski definition) is 3. The highest BCUT2D eigenvalue weighted by Gasteiger charge is 2.25. The van der Waals surface area contributed by atoms with Gasteiger partial charge in [-0.25, -0.2) is 0 Å². The Balaban J connectivity index is 3.41. The molecule has 2 atom stereocenters. The van der Waals surface area contributed by atoms with Gasteiger partial charge in [-0.15, -0.1) is 0 Å². The number of unbranched alkanes of at least 4 members (excludes halogenated alkanes) is 1. The SMILES string of the molecule is CC(C)[C@@H](C=O)[N+](C)CCOCCOCCOCCC(=O)NCCCC[C@H](N)C(=O)O. The lowest BCUT2D eigenvalue weighted by Crippen LogP contribution is -2.44. The summed E-state index contributed by atoms with van der Waals surface area (Å²) in [7, 11) is 1.91. The molecule has 0 unspecified atom stereocenters. The number of aliphatic carboxylic acids is 1. The van der Waals surface area contributed by atoms with Crippen LogP contribution in [0.4, 0.5) is 0 Å². The van der Waals surface area contributed by atoms with Crippen LogP contribution in [0.1, 0.15) is 39.5 Å². The summed E-state index contributed by atoms with van der Waals surface area (Å²) in [5.74, 6) is -0.834. The Bertz CT molecular complexity index is 492. The summed E-state index contributed by atoms with van der Waals surface area (Å²) in [5, 5.41) is 11.4. The topological polar surface area (TPSA) is 143 Å². The van der Waals surface area contributed by atoms with E-state index < -0.39 is 12.0 Å². The van der Waals surface area contributed by atoms with E-state index in [-0.39, 0.29) is 24.3 Å². The average molecular weight is 448 g/mol. The summed E-state index contributed by atoms with van der Waals surface area (Å²) >= 11 is 0. The van der Waals surface area contributed by atoms with Crippen LogP contribution in [0, 0.1) is 5.92 Å². The molecule has 1 radical (unpaired) electrons. The minimum absolute atomic E-state index is 0.0955. The lowest BCUT2D eigenvalue weighted by Gasteiger charge is -2.17. The molecular formula is C21H41N3O7+. The minimum Gasteiger partial charge on any atom is -0.480 e. The van der Waals surface area contributed by atoms with E-state index in [4.69, 9.17) is 25.1 Å². The van der Waals surface area contributed by atoms with Crippen LogP contribution in [0.2, 0.25) is 0 Å². The number of carbonyl (C=O) groups is 3. The molecule has 0 bridgehead atoms. The van der Waals surface area contributed by atoms with Crippen molar-refractivity contribution in [2.24, 2.45) is 11.7 Å². The van der Waals surface area contributed by atoms with E-state index in [0.29, 0.717) is 72.0 Å². The summed E-state index contributed by atoms with van der Waals surface area (Å²) in [4.78, 5) is 35.3. The van der Waals surface area contributed by atoms with Crippen molar-refractivity contribution < 1.29 is 33.7 Å². The maximum Gasteiger partial charge on any atom is 0.320 e. The van der Waals surface area contributed by atoms with E-state index >= 15 is 0 Å². The lowest BCUT2D eigenvalue weighted by atomic mass is 10.1. The Labute approximate surface area is 185 Å². The highest BCUT2D eigenvalue weighted by Crippen LogP contribution is 2.03. The van der Waals surface area contributed by atoms with Gasteiger partial charge in [0.25, 0.3) is 0 Å². The molecule has 0 spiro atoms. The largest absolute Gasteiger partial charge is 0.480 e. The van der Waals surface area contributed by atoms with Crippen LogP contribution in [0.15, 0.2) is 0 Å². The smallest absolute Gasteiger partial charge is 0.320 e. The van der Waals surface area contributed by atoms with E-state index in [1.165, 1.54) is 0 Å². The fourth-order valence-corrected chi connectivity index (χ4v) is 2.76. The van der Waals surface area contributed by atoms with Gasteiger partial charge in [-0.2, -0.15) is 4.90 Å². The van der Waals surface area contributed by atoms with Gasteiger partial charge in [0, 0.05) is 18.9 Å². The van der Waals surface area contributed by atoms with Crippen molar-refractivity contribution in [3.05, 3.63) is 0 Å². The van der Waals surface area contributed by atoms with Crippen LogP contribution in [0.5, 0.6) is 0 Å². The number of likely N-dealkylation sites (N-methyl/N-ethyl adjacent to an activating group) is 1. The van der Waals surface area contributed by atoms with Crippen LogP contribution in [-0.2, 0) is 28.6 Å². The normalized spacial score (nSPS) is 13.4. The molecule has 1 amide bonds. The van der Waals surface area contributed by atoms with E-state index in [2.05, 4.69) is 5.32 Å². The first kappa shape index (κ1) is 29.4. The molecule has 0 aromatic carbocycles. The van der Waals surface area contributed by atoms with Gasteiger partial charge in [0.1, 0.15) is 26.2 Å². The number of nitrogens with one attached hydrogen (secondary N) is 1. The van der Waals surface area contributed by atoms with Crippen molar-refractivity contribution >= 4 is 18.2 Å². The fraction of sp³-hybridized carbons (Fsp3) is 0.857. The third-order valence-corrected chi connectivity index (χ3v) is 4.72. The first-order valence-electron chi connectivity index (χ1n) is 10.9. The number of carboxylic acid groups (broad SMARTS) is 1. The molecule has 181 valence electrons. The summed E-state index contributed by atoms with van der Waals surface area (Å²) in [6.45, 7) is 7.82. The summed E-state index contributed by atoms with van der Waals surface area (Å²) in [6.07, 6.45) is 2.98. The van der Waals surface area contributed by atoms with Gasteiger partial charge < -0.3 is 30.4 Å². The van der Waals surface area contributed by atoms with Gasteiger partial charge in [0.15, 0.2) is 12.3 Å². The highest BCUT2D eigenvalue weighted by molar-refractivity contribution is 5.75. The second-order valence-corrected chi connectivity index (χ2v) is 7.73. The van der Waals surface area contributed by atoms with Gasteiger partial charge in [0.2, 0.25) is 5.91 Å². The Morgan fingerprint density at radius 3 is 2.16 bits per heavy atom. The molecule has 0 aliphatic rings. The van der Waals surface area contributed by atoms with Crippen molar-refractivity contribution in [3.8, 4) is 0 Å². The monoisotopic (exact) mass is 447 g/mol. The molecule has 0 heterocycles. The molecule has 4 N–H and O–H groups in total. The van der Waals surface area contributed by atoms with Crippen molar-refractivity contribution in [1.29, 1.82) is 0 Å². The molecule has 0 aromatic rings. The van der Waals surface area contributed by atoms with Crippen LogP contribution in [0.3, 0.4) is 0 Å². The predicted molar refractivity (Wildman–Crippen MR) is 117 cm³/mol. The number of nitrogens with two attached hydrogens (primary N) is 1. The standard InChI is InChI=1S/C21H41N3O7/c1-17(2)19(16-25)24(3)9-11-30-13-15-31-14-12-29-10-7-20(26)23-8-5-4-6-18(22)21(27)28/h16-19H,4-15,22H2,1-3H3,(H,23,26)(H,27,28)/q+1/t18-,19+/m0/s1. The first-order chi connectivity index (χ1) is 14.8. The van der Waals surface area contributed by atoms with Gasteiger partial charge >= 0.3 is 5.97 Å². The van der Waals surface area contributed by atoms with E-state index in [1.807, 2.05) is 25.8 Å². The Morgan fingerprint density at radius 1 is 1.03 bits per heavy atom. The number of carboxylic acids is 1. The van der Waals surface area contributed by atoms with Crippen LogP contribution >= 0.6 is 0 Å². The average Bonchev–Trinajstić information content (AvgIpc) is 2.71. The number of hydrogen-bond acceptors (Lipinski definition) is 8.